The molecule has 0 spiro atoms. The SMILES string of the molecule is Cc1c(Cl)cc(NC(=O)CCc2ccc3c(c2)C(=O)N(C2CCC(=O)NC2=O)C3)cc1CN1CCN(C2CCOCC2)CC1. The summed E-state index contributed by atoms with van der Waals surface area (Å²) in [6, 6.07) is 9.46. The third-order valence-electron chi connectivity index (χ3n) is 9.48. The number of fused-ring (bicyclic) bond motifs is 1. The Morgan fingerprint density at radius 3 is 2.57 bits per heavy atom. The fourth-order valence-electron chi connectivity index (χ4n) is 6.79. The van der Waals surface area contributed by atoms with E-state index in [0.717, 1.165) is 81.0 Å². The molecule has 1 unspecified atom stereocenters. The van der Waals surface area contributed by atoms with E-state index in [1.54, 1.807) is 6.07 Å². The molecule has 4 aliphatic rings. The quantitative estimate of drug-likeness (QED) is 0.435. The van der Waals surface area contributed by atoms with Crippen molar-refractivity contribution in [2.75, 3.05) is 44.7 Å². The zero-order chi connectivity index (χ0) is 30.8. The maximum atomic E-state index is 13.1. The molecule has 2 aromatic carbocycles. The molecule has 10 nitrogen and oxygen atoms in total. The monoisotopic (exact) mass is 621 g/mol. The van der Waals surface area contributed by atoms with E-state index in [-0.39, 0.29) is 30.6 Å². The van der Waals surface area contributed by atoms with Gasteiger partial charge in [-0.3, -0.25) is 34.3 Å². The van der Waals surface area contributed by atoms with E-state index in [4.69, 9.17) is 16.3 Å². The Morgan fingerprint density at radius 2 is 1.82 bits per heavy atom. The number of hydrogen-bond donors (Lipinski definition) is 2. The molecule has 0 radical (unpaired) electrons. The van der Waals surface area contributed by atoms with Gasteiger partial charge in [0.15, 0.2) is 0 Å². The first-order valence-corrected chi connectivity index (χ1v) is 16.0. The van der Waals surface area contributed by atoms with Crippen LogP contribution in [0.1, 0.15) is 64.7 Å². The number of anilines is 1. The number of piperidine rings is 1. The predicted molar refractivity (Wildman–Crippen MR) is 166 cm³/mol. The van der Waals surface area contributed by atoms with Gasteiger partial charge in [0.25, 0.3) is 5.91 Å². The largest absolute Gasteiger partial charge is 0.381 e. The Labute approximate surface area is 263 Å². The number of nitrogens with zero attached hydrogens (tertiary/aromatic N) is 3. The molecule has 6 rings (SSSR count). The average molecular weight is 622 g/mol. The first kappa shape index (κ1) is 30.7. The Morgan fingerprint density at radius 1 is 1.05 bits per heavy atom. The van der Waals surface area contributed by atoms with Crippen molar-refractivity contribution in [2.45, 2.75) is 70.6 Å². The van der Waals surface area contributed by atoms with Gasteiger partial charge in [-0.1, -0.05) is 23.7 Å². The zero-order valence-electron chi connectivity index (χ0n) is 25.2. The summed E-state index contributed by atoms with van der Waals surface area (Å²) in [6.07, 6.45) is 3.50. The molecule has 3 fully saturated rings. The molecule has 0 aliphatic carbocycles. The smallest absolute Gasteiger partial charge is 0.255 e. The molecule has 11 heteroatoms. The highest BCUT2D eigenvalue weighted by Crippen LogP contribution is 2.29. The van der Waals surface area contributed by atoms with Crippen LogP contribution in [0.15, 0.2) is 30.3 Å². The van der Waals surface area contributed by atoms with Crippen LogP contribution in [0.25, 0.3) is 0 Å². The van der Waals surface area contributed by atoms with Crippen LogP contribution in [-0.2, 0) is 38.6 Å². The Kier molecular flexibility index (Phi) is 9.32. The molecular weight excluding hydrogens is 582 g/mol. The fraction of sp³-hybridized carbons (Fsp3) is 0.515. The molecule has 2 N–H and O–H groups in total. The van der Waals surface area contributed by atoms with Crippen molar-refractivity contribution in [3.63, 3.8) is 0 Å². The van der Waals surface area contributed by atoms with E-state index >= 15 is 0 Å². The lowest BCUT2D eigenvalue weighted by molar-refractivity contribution is -0.137. The van der Waals surface area contributed by atoms with Gasteiger partial charge in [-0.15, -0.1) is 0 Å². The van der Waals surface area contributed by atoms with Gasteiger partial charge in [0.05, 0.1) is 0 Å². The van der Waals surface area contributed by atoms with Gasteiger partial charge in [0.2, 0.25) is 17.7 Å². The molecule has 44 heavy (non-hydrogen) atoms. The summed E-state index contributed by atoms with van der Waals surface area (Å²) in [7, 11) is 0. The number of hydrogen-bond acceptors (Lipinski definition) is 7. The van der Waals surface area contributed by atoms with E-state index < -0.39 is 11.9 Å². The molecule has 0 saturated carbocycles. The topological polar surface area (TPSA) is 111 Å². The number of carbonyl (C=O) groups excluding carboxylic acids is 4. The van der Waals surface area contributed by atoms with Crippen LogP contribution < -0.4 is 10.6 Å². The van der Waals surface area contributed by atoms with Gasteiger partial charge in [0, 0.05) is 87.6 Å². The van der Waals surface area contributed by atoms with Crippen LogP contribution in [0.2, 0.25) is 5.02 Å². The summed E-state index contributed by atoms with van der Waals surface area (Å²) in [4.78, 5) is 56.5. The summed E-state index contributed by atoms with van der Waals surface area (Å²) >= 11 is 6.60. The van der Waals surface area contributed by atoms with Crippen LogP contribution in [0.4, 0.5) is 5.69 Å². The summed E-state index contributed by atoms with van der Waals surface area (Å²) in [5.74, 6) is -1.07. The van der Waals surface area contributed by atoms with Crippen molar-refractivity contribution in [1.82, 2.24) is 20.0 Å². The number of halogens is 1. The van der Waals surface area contributed by atoms with Gasteiger partial charge >= 0.3 is 0 Å². The fourth-order valence-corrected chi connectivity index (χ4v) is 7.03. The van der Waals surface area contributed by atoms with Crippen LogP contribution in [-0.4, -0.2) is 89.8 Å². The Bertz CT molecular complexity index is 1450. The molecule has 4 amide bonds. The summed E-state index contributed by atoms with van der Waals surface area (Å²) < 4.78 is 5.53. The highest BCUT2D eigenvalue weighted by atomic mass is 35.5. The molecule has 4 aliphatic heterocycles. The van der Waals surface area contributed by atoms with Crippen molar-refractivity contribution >= 4 is 40.9 Å². The molecule has 0 aromatic heterocycles. The number of piperazine rings is 1. The number of benzene rings is 2. The number of carbonyl (C=O) groups is 4. The van der Waals surface area contributed by atoms with Crippen molar-refractivity contribution in [3.05, 3.63) is 63.2 Å². The van der Waals surface area contributed by atoms with Crippen molar-refractivity contribution < 1.29 is 23.9 Å². The van der Waals surface area contributed by atoms with E-state index in [0.29, 0.717) is 41.7 Å². The summed E-state index contributed by atoms with van der Waals surface area (Å²) in [6.45, 7) is 8.98. The lowest BCUT2D eigenvalue weighted by atomic mass is 10.0. The minimum atomic E-state index is -0.644. The summed E-state index contributed by atoms with van der Waals surface area (Å²) in [5.41, 5.74) is 5.11. The number of amides is 4. The lowest BCUT2D eigenvalue weighted by Gasteiger charge is -2.40. The third kappa shape index (κ3) is 6.83. The molecule has 2 aromatic rings. The second-order valence-corrected chi connectivity index (χ2v) is 12.7. The van der Waals surface area contributed by atoms with E-state index in [9.17, 15) is 19.2 Å². The van der Waals surface area contributed by atoms with Crippen LogP contribution >= 0.6 is 11.6 Å². The van der Waals surface area contributed by atoms with Crippen molar-refractivity contribution in [2.24, 2.45) is 0 Å². The van der Waals surface area contributed by atoms with Gasteiger partial charge < -0.3 is 15.0 Å². The van der Waals surface area contributed by atoms with Crippen molar-refractivity contribution in [1.29, 1.82) is 0 Å². The van der Waals surface area contributed by atoms with Gasteiger partial charge in [-0.2, -0.15) is 0 Å². The number of imide groups is 1. The highest BCUT2D eigenvalue weighted by Gasteiger charge is 2.39. The predicted octanol–water partition coefficient (Wildman–Crippen LogP) is 3.28. The minimum absolute atomic E-state index is 0.127. The zero-order valence-corrected chi connectivity index (χ0v) is 26.0. The van der Waals surface area contributed by atoms with Gasteiger partial charge in [-0.05, 0) is 73.1 Å². The van der Waals surface area contributed by atoms with Gasteiger partial charge in [0.1, 0.15) is 6.04 Å². The number of rotatable bonds is 8. The first-order valence-electron chi connectivity index (χ1n) is 15.6. The minimum Gasteiger partial charge on any atom is -0.381 e. The molecular formula is C33H40ClN5O5. The normalized spacial score (nSPS) is 21.8. The Balaban J connectivity index is 1.02. The number of aryl methyl sites for hydroxylation is 1. The second-order valence-electron chi connectivity index (χ2n) is 12.3. The molecule has 1 atom stereocenters. The summed E-state index contributed by atoms with van der Waals surface area (Å²) in [5, 5.41) is 5.98. The Hall–Kier alpha value is -3.31. The third-order valence-corrected chi connectivity index (χ3v) is 9.87. The van der Waals surface area contributed by atoms with Crippen LogP contribution in [0.5, 0.6) is 0 Å². The molecule has 234 valence electrons. The molecule has 0 bridgehead atoms. The van der Waals surface area contributed by atoms with E-state index in [1.165, 1.54) is 4.90 Å². The van der Waals surface area contributed by atoms with Gasteiger partial charge in [-0.25, -0.2) is 0 Å². The standard InChI is InChI=1S/C33H40ClN5O5/c1-21-24(19-37-10-12-38(13-11-37)26-8-14-44-15-9-26)17-25(18-28(21)34)35-30(40)6-3-22-2-4-23-20-39(33(43)27(23)16-22)29-5-7-31(41)36-32(29)42/h2,4,16-18,26,29H,3,5-15,19-20H2,1H3,(H,35,40)(H,36,41,42). The lowest BCUT2D eigenvalue weighted by Crippen LogP contribution is -2.52. The average Bonchev–Trinajstić information content (AvgIpc) is 3.34. The maximum Gasteiger partial charge on any atom is 0.255 e. The number of ether oxygens (including phenoxy) is 1. The number of nitrogens with one attached hydrogen (secondary N) is 2. The van der Waals surface area contributed by atoms with Crippen LogP contribution in [0, 0.1) is 6.92 Å². The second kappa shape index (κ2) is 13.4. The van der Waals surface area contributed by atoms with Crippen LogP contribution in [0.3, 0.4) is 0 Å². The molecule has 4 heterocycles. The first-order chi connectivity index (χ1) is 21.2. The maximum absolute atomic E-state index is 13.1. The van der Waals surface area contributed by atoms with E-state index in [2.05, 4.69) is 20.4 Å². The molecule has 3 saturated heterocycles. The highest BCUT2D eigenvalue weighted by molar-refractivity contribution is 6.31. The van der Waals surface area contributed by atoms with Crippen molar-refractivity contribution in [3.8, 4) is 0 Å². The van der Waals surface area contributed by atoms with E-state index in [1.807, 2.05) is 31.2 Å².